The van der Waals surface area contributed by atoms with E-state index < -0.39 is 10.0 Å². The average molecular weight is 356 g/mol. The van der Waals surface area contributed by atoms with Gasteiger partial charge in [0.2, 0.25) is 0 Å². The Bertz CT molecular complexity index is 1010. The second kappa shape index (κ2) is 6.16. The molecule has 0 saturated heterocycles. The molecule has 0 amide bonds. The first-order valence-corrected chi connectivity index (χ1v) is 9.84. The predicted octanol–water partition coefficient (Wildman–Crippen LogP) is 2.67. The number of aromatic nitrogens is 2. The minimum absolute atomic E-state index is 0.248. The molecule has 1 aromatic heterocycles. The molecule has 2 heterocycles. The molecule has 7 heteroatoms. The lowest BCUT2D eigenvalue weighted by Gasteiger charge is -2.26. The van der Waals surface area contributed by atoms with E-state index in [9.17, 15) is 8.42 Å². The second-order valence-electron chi connectivity index (χ2n) is 6.17. The average Bonchev–Trinajstić information content (AvgIpc) is 2.98. The topological polar surface area (TPSA) is 67.2 Å². The molecule has 0 atom stereocenters. The number of rotatable bonds is 4. The summed E-state index contributed by atoms with van der Waals surface area (Å²) in [5.41, 5.74) is 2.40. The maximum Gasteiger partial charge on any atom is 0.261 e. The Labute approximate surface area is 147 Å². The summed E-state index contributed by atoms with van der Waals surface area (Å²) < 4.78 is 29.8. The Balaban J connectivity index is 1.66. The van der Waals surface area contributed by atoms with E-state index in [0.29, 0.717) is 5.69 Å². The van der Waals surface area contributed by atoms with E-state index in [-0.39, 0.29) is 4.90 Å². The van der Waals surface area contributed by atoms with Crippen LogP contribution in [0, 0.1) is 0 Å². The molecule has 1 aliphatic rings. The highest BCUT2D eigenvalue weighted by molar-refractivity contribution is 7.92. The Morgan fingerprint density at radius 3 is 2.68 bits per heavy atom. The highest BCUT2D eigenvalue weighted by Gasteiger charge is 2.20. The van der Waals surface area contributed by atoms with Gasteiger partial charge in [-0.05, 0) is 36.9 Å². The van der Waals surface area contributed by atoms with Crippen LogP contribution in [0.1, 0.15) is 12.7 Å². The number of likely N-dealkylation sites (N-methyl/N-ethyl adjacent to an activating group) is 1. The fourth-order valence-electron chi connectivity index (χ4n) is 3.22. The van der Waals surface area contributed by atoms with Gasteiger partial charge in [-0.2, -0.15) is 0 Å². The monoisotopic (exact) mass is 356 g/mol. The molecule has 1 aliphatic heterocycles. The molecule has 0 bridgehead atoms. The van der Waals surface area contributed by atoms with Crippen molar-refractivity contribution in [3.63, 3.8) is 0 Å². The van der Waals surface area contributed by atoms with Gasteiger partial charge in [0.25, 0.3) is 10.0 Å². The van der Waals surface area contributed by atoms with Crippen LogP contribution in [0.5, 0.6) is 0 Å². The van der Waals surface area contributed by atoms with Crippen LogP contribution >= 0.6 is 0 Å². The van der Waals surface area contributed by atoms with E-state index >= 15 is 0 Å². The molecular weight excluding hydrogens is 336 g/mol. The molecule has 6 nitrogen and oxygen atoms in total. The molecule has 1 N–H and O–H groups in total. The van der Waals surface area contributed by atoms with E-state index in [1.165, 1.54) is 0 Å². The highest BCUT2D eigenvalue weighted by Crippen LogP contribution is 2.25. The van der Waals surface area contributed by atoms with Gasteiger partial charge in [0.15, 0.2) is 0 Å². The second-order valence-corrected chi connectivity index (χ2v) is 7.85. The van der Waals surface area contributed by atoms with E-state index in [2.05, 4.69) is 21.1 Å². The third kappa shape index (κ3) is 3.01. The fourth-order valence-corrected chi connectivity index (χ4v) is 4.29. The van der Waals surface area contributed by atoms with Crippen molar-refractivity contribution in [1.82, 2.24) is 14.5 Å². The molecular formula is C18H20N4O2S. The molecule has 0 radical (unpaired) electrons. The summed E-state index contributed by atoms with van der Waals surface area (Å²) in [7, 11) is -3.59. The molecule has 3 aromatic rings. The molecule has 0 saturated carbocycles. The van der Waals surface area contributed by atoms with Crippen LogP contribution < -0.4 is 4.72 Å². The zero-order valence-corrected chi connectivity index (χ0v) is 14.8. The number of fused-ring (bicyclic) bond motifs is 3. The van der Waals surface area contributed by atoms with Crippen molar-refractivity contribution < 1.29 is 8.42 Å². The van der Waals surface area contributed by atoms with Gasteiger partial charge in [-0.3, -0.25) is 9.62 Å². The Hall–Kier alpha value is -2.38. The lowest BCUT2D eigenvalue weighted by Crippen LogP contribution is -2.33. The summed E-state index contributed by atoms with van der Waals surface area (Å²) in [6.45, 7) is 5.91. The molecule has 0 fully saturated rings. The van der Waals surface area contributed by atoms with Crippen molar-refractivity contribution in [2.75, 3.05) is 17.8 Å². The van der Waals surface area contributed by atoms with Gasteiger partial charge in [-0.25, -0.2) is 13.4 Å². The van der Waals surface area contributed by atoms with Crippen LogP contribution in [0.25, 0.3) is 11.0 Å². The normalized spacial score (nSPS) is 15.2. The number of anilines is 1. The van der Waals surface area contributed by atoms with Crippen LogP contribution in [0.15, 0.2) is 53.4 Å². The standard InChI is InChI=1S/C18H20N4O2S/c1-2-21-10-11-22-17-9-8-14(12-16(17)19-18(22)13-21)20-25(23,24)15-6-4-3-5-7-15/h3-9,12,20H,2,10-11,13H2,1H3. The zero-order chi connectivity index (χ0) is 17.4. The Morgan fingerprint density at radius 2 is 1.92 bits per heavy atom. The largest absolute Gasteiger partial charge is 0.326 e. The maximum absolute atomic E-state index is 12.5. The number of hydrogen-bond donors (Lipinski definition) is 1. The molecule has 0 aliphatic carbocycles. The summed E-state index contributed by atoms with van der Waals surface area (Å²) in [6, 6.07) is 13.9. The fraction of sp³-hybridized carbons (Fsp3) is 0.278. The van der Waals surface area contributed by atoms with Gasteiger partial charge in [0.05, 0.1) is 28.2 Å². The quantitative estimate of drug-likeness (QED) is 0.780. The van der Waals surface area contributed by atoms with Crippen LogP contribution in [-0.2, 0) is 23.1 Å². The highest BCUT2D eigenvalue weighted by atomic mass is 32.2. The smallest absolute Gasteiger partial charge is 0.261 e. The number of imidazole rings is 1. The first kappa shape index (κ1) is 16.1. The summed E-state index contributed by atoms with van der Waals surface area (Å²) in [4.78, 5) is 7.30. The van der Waals surface area contributed by atoms with Crippen molar-refractivity contribution in [3.05, 3.63) is 54.4 Å². The lowest BCUT2D eigenvalue weighted by atomic mass is 10.3. The Morgan fingerprint density at radius 1 is 1.12 bits per heavy atom. The van der Waals surface area contributed by atoms with Crippen molar-refractivity contribution in [2.24, 2.45) is 0 Å². The first-order chi connectivity index (χ1) is 12.1. The van der Waals surface area contributed by atoms with Crippen LogP contribution in [0.3, 0.4) is 0 Å². The molecule has 0 spiro atoms. The van der Waals surface area contributed by atoms with E-state index in [1.807, 2.05) is 6.07 Å². The number of benzene rings is 2. The minimum atomic E-state index is -3.59. The number of nitrogens with one attached hydrogen (secondary N) is 1. The molecule has 0 unspecified atom stereocenters. The summed E-state index contributed by atoms with van der Waals surface area (Å²) in [5, 5.41) is 0. The number of sulfonamides is 1. The number of hydrogen-bond acceptors (Lipinski definition) is 4. The maximum atomic E-state index is 12.5. The lowest BCUT2D eigenvalue weighted by molar-refractivity contribution is 0.230. The molecule has 4 rings (SSSR count). The summed E-state index contributed by atoms with van der Waals surface area (Å²) in [6.07, 6.45) is 0. The molecule has 2 aromatic carbocycles. The third-order valence-electron chi connectivity index (χ3n) is 4.59. The Kier molecular flexibility index (Phi) is 3.97. The summed E-state index contributed by atoms with van der Waals surface area (Å²) in [5.74, 6) is 1.03. The zero-order valence-electron chi connectivity index (χ0n) is 14.0. The van der Waals surface area contributed by atoms with Crippen molar-refractivity contribution in [2.45, 2.75) is 24.9 Å². The summed E-state index contributed by atoms with van der Waals surface area (Å²) >= 11 is 0. The minimum Gasteiger partial charge on any atom is -0.326 e. The van der Waals surface area contributed by atoms with Gasteiger partial charge in [-0.1, -0.05) is 25.1 Å². The van der Waals surface area contributed by atoms with Gasteiger partial charge < -0.3 is 4.57 Å². The van der Waals surface area contributed by atoms with E-state index in [4.69, 9.17) is 4.98 Å². The van der Waals surface area contributed by atoms with Gasteiger partial charge in [0, 0.05) is 13.1 Å². The molecule has 130 valence electrons. The van der Waals surface area contributed by atoms with Crippen molar-refractivity contribution in [1.29, 1.82) is 0 Å². The molecule has 25 heavy (non-hydrogen) atoms. The van der Waals surface area contributed by atoms with Gasteiger partial charge in [0.1, 0.15) is 5.82 Å². The van der Waals surface area contributed by atoms with Crippen LogP contribution in [0.2, 0.25) is 0 Å². The number of nitrogens with zero attached hydrogens (tertiary/aromatic N) is 3. The van der Waals surface area contributed by atoms with Gasteiger partial charge >= 0.3 is 0 Å². The van der Waals surface area contributed by atoms with Gasteiger partial charge in [-0.15, -0.1) is 0 Å². The SMILES string of the molecule is CCN1CCn2c(nc3cc(NS(=O)(=O)c4ccccc4)ccc32)C1. The predicted molar refractivity (Wildman–Crippen MR) is 97.9 cm³/mol. The van der Waals surface area contributed by atoms with E-state index in [1.54, 1.807) is 42.5 Å². The first-order valence-electron chi connectivity index (χ1n) is 8.36. The van der Waals surface area contributed by atoms with Crippen LogP contribution in [0.4, 0.5) is 5.69 Å². The van der Waals surface area contributed by atoms with Crippen LogP contribution in [-0.4, -0.2) is 36.0 Å². The van der Waals surface area contributed by atoms with Crippen molar-refractivity contribution >= 4 is 26.7 Å². The van der Waals surface area contributed by atoms with E-state index in [0.717, 1.165) is 43.0 Å². The third-order valence-corrected chi connectivity index (χ3v) is 5.98. The van der Waals surface area contributed by atoms with Crippen molar-refractivity contribution in [3.8, 4) is 0 Å².